The van der Waals surface area contributed by atoms with Gasteiger partial charge in [-0.15, -0.1) is 0 Å². The number of aromatic hydroxyl groups is 2. The highest BCUT2D eigenvalue weighted by Gasteiger charge is 2.27. The number of halogens is 4. The average Bonchev–Trinajstić information content (AvgIpc) is 4.11. The summed E-state index contributed by atoms with van der Waals surface area (Å²) in [7, 11) is 25.2. The molecule has 2 aromatic carbocycles. The van der Waals surface area contributed by atoms with Gasteiger partial charge >= 0.3 is 0 Å². The number of ketones is 2. The third-order valence-electron chi connectivity index (χ3n) is 12.9. The zero-order valence-electron chi connectivity index (χ0n) is 45.4. The first kappa shape index (κ1) is 62.3. The smallest absolute Gasteiger partial charge is 0.187 e. The summed E-state index contributed by atoms with van der Waals surface area (Å²) in [6.07, 6.45) is 11.2. The van der Waals surface area contributed by atoms with E-state index in [0.717, 1.165) is 112 Å². The van der Waals surface area contributed by atoms with Crippen LogP contribution in [0.2, 0.25) is 0 Å². The predicted octanol–water partition coefficient (Wildman–Crippen LogP) is -5.21. The Bertz CT molecular complexity index is 3300. The van der Waals surface area contributed by atoms with Gasteiger partial charge in [-0.3, -0.25) is 9.59 Å². The number of nitrogens with one attached hydrogen (secondary N) is 4. The maximum Gasteiger partial charge on any atom is 0.187 e. The molecular formula is C60H70I4N8O4. The normalized spacial score (nSPS) is 18.3. The van der Waals surface area contributed by atoms with Gasteiger partial charge in [0.2, 0.25) is 0 Å². The zero-order valence-corrected chi connectivity index (χ0v) is 54.0. The molecule has 0 saturated heterocycles. The Kier molecular flexibility index (Phi) is 19.5. The number of fused-ring (bicyclic) bond motifs is 8. The van der Waals surface area contributed by atoms with Crippen LogP contribution in [0.15, 0.2) is 144 Å². The van der Waals surface area contributed by atoms with Gasteiger partial charge in [-0.25, -0.2) is 0 Å². The summed E-state index contributed by atoms with van der Waals surface area (Å²) in [6.45, 7) is 2.32. The molecule has 6 N–H and O–H groups in total. The largest absolute Gasteiger partial charge is 1.00 e. The van der Waals surface area contributed by atoms with E-state index in [4.69, 9.17) is 0 Å². The molecule has 5 heterocycles. The number of rotatable bonds is 10. The van der Waals surface area contributed by atoms with E-state index < -0.39 is 0 Å². The number of aromatic nitrogens is 4. The van der Waals surface area contributed by atoms with Crippen LogP contribution in [0.25, 0.3) is 22.3 Å². The van der Waals surface area contributed by atoms with E-state index in [9.17, 15) is 19.8 Å². The van der Waals surface area contributed by atoms with E-state index >= 15 is 0 Å². The number of H-pyrrole nitrogens is 4. The molecule has 0 radical (unpaired) electrons. The molecule has 0 fully saturated rings. The van der Waals surface area contributed by atoms with Crippen molar-refractivity contribution in [1.82, 2.24) is 19.9 Å². The first-order valence-electron chi connectivity index (χ1n) is 24.5. The lowest BCUT2D eigenvalue weighted by Gasteiger charge is -2.25. The number of nitrogens with zero attached hydrogens (tertiary/aromatic N) is 4. The first-order valence-corrected chi connectivity index (χ1v) is 24.5. The monoisotopic (exact) mass is 1470 g/mol. The van der Waals surface area contributed by atoms with Crippen LogP contribution in [0.4, 0.5) is 0 Å². The van der Waals surface area contributed by atoms with Crippen LogP contribution in [-0.4, -0.2) is 157 Å². The highest BCUT2D eigenvalue weighted by molar-refractivity contribution is 6.08. The first-order chi connectivity index (χ1) is 33.8. The highest BCUT2D eigenvalue weighted by atomic mass is 127. The summed E-state index contributed by atoms with van der Waals surface area (Å²) in [5.74, 6) is 0.467. The number of carbonyl (C=O) groups is 2. The van der Waals surface area contributed by atoms with E-state index in [1.807, 2.05) is 36.4 Å². The third kappa shape index (κ3) is 14.2. The summed E-state index contributed by atoms with van der Waals surface area (Å²) >= 11 is 0. The molecule has 16 heteroatoms. The minimum atomic E-state index is -0.00659. The maximum atomic E-state index is 13.5. The molecule has 76 heavy (non-hydrogen) atoms. The average molecular weight is 1470 g/mol. The topological polar surface area (TPSA) is 138 Å². The van der Waals surface area contributed by atoms with Crippen molar-refractivity contribution in [1.29, 1.82) is 0 Å². The Morgan fingerprint density at radius 1 is 0.368 bits per heavy atom. The summed E-state index contributed by atoms with van der Waals surface area (Å²) < 4.78 is 2.43. The second-order valence-corrected chi connectivity index (χ2v) is 23.8. The van der Waals surface area contributed by atoms with Crippen molar-refractivity contribution in [3.8, 4) is 11.5 Å². The van der Waals surface area contributed by atoms with Gasteiger partial charge in [-0.1, -0.05) is 24.3 Å². The minimum absolute atomic E-state index is 0. The molecule has 402 valence electrons. The van der Waals surface area contributed by atoms with Crippen molar-refractivity contribution in [2.45, 2.75) is 13.1 Å². The maximum absolute atomic E-state index is 13.5. The van der Waals surface area contributed by atoms with Crippen molar-refractivity contribution >= 4 is 33.9 Å². The lowest BCUT2D eigenvalue weighted by atomic mass is 9.93. The van der Waals surface area contributed by atoms with Crippen molar-refractivity contribution in [2.24, 2.45) is 0 Å². The number of quaternary nitrogens is 4. The molecule has 0 atom stereocenters. The Morgan fingerprint density at radius 2 is 0.671 bits per heavy atom. The van der Waals surface area contributed by atoms with Gasteiger partial charge in [-0.05, 0) is 119 Å². The van der Waals surface area contributed by atoms with Gasteiger partial charge in [0.15, 0.2) is 11.6 Å². The number of phenolic OH excluding ortho intramolecular Hbond substituents is 2. The number of carbonyl (C=O) groups excluding carboxylic acids is 2. The van der Waals surface area contributed by atoms with E-state index in [1.54, 1.807) is 24.3 Å². The molecule has 6 aromatic rings. The number of aromatic amines is 4. The number of hydrogen-bond acceptors (Lipinski definition) is 4. The van der Waals surface area contributed by atoms with Crippen molar-refractivity contribution < 1.29 is 134 Å². The predicted molar refractivity (Wildman–Crippen MR) is 288 cm³/mol. The third-order valence-corrected chi connectivity index (χ3v) is 12.9. The van der Waals surface area contributed by atoms with Gasteiger partial charge in [0.25, 0.3) is 0 Å². The Labute approximate surface area is 515 Å². The molecule has 0 unspecified atom stereocenters. The fraction of sp³-hybridized carbons (Fsp3) is 0.267. The molecule has 12 nitrogen and oxygen atoms in total. The quantitative estimate of drug-likeness (QED) is 0.0604. The number of allylic oxidation sites excluding steroid dienone is 8. The highest BCUT2D eigenvalue weighted by Crippen LogP contribution is 2.38. The Morgan fingerprint density at radius 3 is 0.974 bits per heavy atom. The van der Waals surface area contributed by atoms with Crippen LogP contribution < -0.4 is 107 Å². The number of hydrogen-bond donors (Lipinski definition) is 6. The second kappa shape index (κ2) is 23.8. The van der Waals surface area contributed by atoms with Crippen LogP contribution in [-0.2, 0) is 22.7 Å². The van der Waals surface area contributed by atoms with Gasteiger partial charge in [-0.2, -0.15) is 0 Å². The van der Waals surface area contributed by atoms with Gasteiger partial charge in [0.1, 0.15) is 37.7 Å². The van der Waals surface area contributed by atoms with Gasteiger partial charge < -0.3 is 144 Å². The zero-order chi connectivity index (χ0) is 51.7. The number of likely N-dealkylation sites (N-methyl/N-ethyl adjacent to an activating group) is 2. The van der Waals surface area contributed by atoms with Crippen LogP contribution >= 0.6 is 0 Å². The Balaban J connectivity index is 0.00000267. The van der Waals surface area contributed by atoms with Crippen molar-refractivity contribution in [3.05, 3.63) is 211 Å². The molecule has 0 amide bonds. The SMILES string of the molecule is C[N+](C)(C)CC1=C/C(=C2\c3ccc([nH]3)/C(c3ccc(O)c(C[N+](C)(C)C)c3)=c3/cc/c([nH]3)=C(\c3ccc(O)c(C[N+](C)(C)C)c3)c3ccc([nH]3)/C(=C3\C=CC(=O)C(C[N+](C)(C)C)=C3)c3ccc2[nH]3)C=CC1=O.[I-].[I-].[I-].[I-]. The summed E-state index contributed by atoms with van der Waals surface area (Å²) in [5, 5.41) is 24.2. The summed E-state index contributed by atoms with van der Waals surface area (Å²) in [6, 6.07) is 28.5. The molecule has 8 bridgehead atoms. The van der Waals surface area contributed by atoms with Crippen LogP contribution in [0, 0.1) is 0 Å². The number of phenols is 2. The fourth-order valence-electron chi connectivity index (χ4n) is 10.1. The van der Waals surface area contributed by atoms with Crippen LogP contribution in [0.1, 0.15) is 56.4 Å². The van der Waals surface area contributed by atoms with Gasteiger partial charge in [0.05, 0.1) is 95.7 Å². The Hall–Kier alpha value is -4.56. The molecule has 0 saturated carbocycles. The molecule has 1 aliphatic heterocycles. The van der Waals surface area contributed by atoms with E-state index in [1.165, 1.54) is 0 Å². The molecule has 9 rings (SSSR count). The molecule has 2 aliphatic carbocycles. The second-order valence-electron chi connectivity index (χ2n) is 23.8. The number of benzene rings is 2. The van der Waals surface area contributed by atoms with E-state index in [2.05, 4.69) is 165 Å². The summed E-state index contributed by atoms with van der Waals surface area (Å²) in [4.78, 5) is 42.5. The van der Waals surface area contributed by atoms with E-state index in [0.29, 0.717) is 44.1 Å². The molecule has 3 aliphatic rings. The van der Waals surface area contributed by atoms with Crippen molar-refractivity contribution in [3.63, 3.8) is 0 Å². The lowest BCUT2D eigenvalue weighted by Crippen LogP contribution is -3.00. The standard InChI is InChI=1S/C60H66N8O4.4HI/c1-65(2,3)33-41-29-37(13-25-53(41)69)57-45-17-19-47(61-45)58(38-14-26-54(70)42(30-38)34-66(4,5)6)49-21-23-51(63-49)60(40-16-28-56(72)44(32-40)36-68(10,11)12)52-24-22-50(64-52)59(48-20-18-46(57)62-48)39-15-27-55(71)43(31-39)35-67(7,8)9;;;;/h13-32H,33-36H2,1-12H3,(H2-4,61,62,63,64,69,70,71,72);4*1H/b57-45-,57-46?,58-47-,58-49?,59-48?,59-50?,60-51?,60-52?;;;;. The molecule has 4 aromatic heterocycles. The minimum Gasteiger partial charge on any atom is -1.00 e. The van der Waals surface area contributed by atoms with Crippen molar-refractivity contribution in [2.75, 3.05) is 97.7 Å². The van der Waals surface area contributed by atoms with Crippen LogP contribution in [0.5, 0.6) is 11.5 Å². The van der Waals surface area contributed by atoms with Crippen LogP contribution in [0.3, 0.4) is 0 Å². The summed E-state index contributed by atoms with van der Waals surface area (Å²) in [5.41, 5.74) is 15.3. The fourth-order valence-corrected chi connectivity index (χ4v) is 10.1. The lowest BCUT2D eigenvalue weighted by molar-refractivity contribution is -0.884. The van der Waals surface area contributed by atoms with E-state index in [-0.39, 0.29) is 119 Å². The van der Waals surface area contributed by atoms with Gasteiger partial charge in [0, 0.05) is 78.3 Å². The molecular weight excluding hydrogens is 1400 g/mol. The molecule has 0 spiro atoms.